The molecule has 0 amide bonds. The van der Waals surface area contributed by atoms with Crippen LogP contribution in [0.1, 0.15) is 42.1 Å². The number of hydrogen-bond donors (Lipinski definition) is 3. The Morgan fingerprint density at radius 1 is 1.28 bits per heavy atom. The molecule has 3 heterocycles. The topological polar surface area (TPSA) is 67.7 Å². The van der Waals surface area contributed by atoms with E-state index in [-0.39, 0.29) is 5.56 Å². The van der Waals surface area contributed by atoms with E-state index in [1.807, 2.05) is 0 Å². The van der Waals surface area contributed by atoms with Gasteiger partial charge in [0.15, 0.2) is 4.77 Å². The number of H-pyrrole nitrogens is 3. The Labute approximate surface area is 151 Å². The number of benzene rings is 1. The van der Waals surface area contributed by atoms with Crippen molar-refractivity contribution >= 4 is 23.1 Å². The highest BCUT2D eigenvalue weighted by atomic mass is 32.1. The Morgan fingerprint density at radius 3 is 2.92 bits per heavy atom. The monoisotopic (exact) mass is 354 g/mol. The van der Waals surface area contributed by atoms with Gasteiger partial charge in [-0.3, -0.25) is 14.7 Å². The summed E-state index contributed by atoms with van der Waals surface area (Å²) in [5.74, 6) is 0.524. The summed E-state index contributed by atoms with van der Waals surface area (Å²) in [5, 5.41) is 1.27. The molecule has 3 N–H and O–H groups in total. The molecule has 0 atom stereocenters. The third kappa shape index (κ3) is 3.07. The highest BCUT2D eigenvalue weighted by Crippen LogP contribution is 2.25. The minimum Gasteiger partial charge on any atom is -0.361 e. The summed E-state index contributed by atoms with van der Waals surface area (Å²) in [6.07, 6.45) is 2.85. The SMILES string of the molecule is CC(C)c1ccc2c(CN3CCc4c([nH]c(=S)[nH]c4=O)C3)c[nH]c2c1. The smallest absolute Gasteiger partial charge is 0.255 e. The van der Waals surface area contributed by atoms with Gasteiger partial charge in [-0.2, -0.15) is 0 Å². The van der Waals surface area contributed by atoms with Crippen molar-refractivity contribution in [2.75, 3.05) is 6.54 Å². The normalized spacial score (nSPS) is 15.0. The lowest BCUT2D eigenvalue weighted by Crippen LogP contribution is -2.34. The molecule has 0 fully saturated rings. The molecule has 0 saturated heterocycles. The molecule has 3 aromatic rings. The van der Waals surface area contributed by atoms with Gasteiger partial charge in [0.05, 0.1) is 0 Å². The molecule has 0 saturated carbocycles. The summed E-state index contributed by atoms with van der Waals surface area (Å²) < 4.78 is 0.402. The molecular formula is C19H22N4OS. The fourth-order valence-corrected chi connectivity index (χ4v) is 3.82. The molecule has 0 radical (unpaired) electrons. The molecule has 6 heteroatoms. The van der Waals surface area contributed by atoms with Gasteiger partial charge in [0.1, 0.15) is 0 Å². The summed E-state index contributed by atoms with van der Waals surface area (Å²) >= 11 is 5.10. The second-order valence-electron chi connectivity index (χ2n) is 7.10. The van der Waals surface area contributed by atoms with Gasteiger partial charge in [-0.15, -0.1) is 0 Å². The lowest BCUT2D eigenvalue weighted by Gasteiger charge is -2.27. The van der Waals surface area contributed by atoms with Gasteiger partial charge in [0, 0.05) is 48.0 Å². The zero-order chi connectivity index (χ0) is 17.6. The maximum atomic E-state index is 12.0. The van der Waals surface area contributed by atoms with Crippen molar-refractivity contribution in [2.24, 2.45) is 0 Å². The van der Waals surface area contributed by atoms with Crippen LogP contribution >= 0.6 is 12.2 Å². The van der Waals surface area contributed by atoms with Gasteiger partial charge in [0.25, 0.3) is 5.56 Å². The van der Waals surface area contributed by atoms with Gasteiger partial charge in [-0.1, -0.05) is 26.0 Å². The maximum absolute atomic E-state index is 12.0. The van der Waals surface area contributed by atoms with Crippen molar-refractivity contribution < 1.29 is 0 Å². The number of hydrogen-bond acceptors (Lipinski definition) is 3. The molecule has 4 rings (SSSR count). The predicted octanol–water partition coefficient (Wildman–Crippen LogP) is 3.60. The average Bonchev–Trinajstić information content (AvgIpc) is 2.96. The first-order valence-corrected chi connectivity index (χ1v) is 9.08. The van der Waals surface area contributed by atoms with E-state index in [2.05, 4.69) is 58.1 Å². The van der Waals surface area contributed by atoms with E-state index in [1.54, 1.807) is 0 Å². The van der Waals surface area contributed by atoms with Gasteiger partial charge in [-0.05, 0) is 41.7 Å². The quantitative estimate of drug-likeness (QED) is 0.630. The molecule has 130 valence electrons. The van der Waals surface area contributed by atoms with Crippen molar-refractivity contribution in [3.05, 3.63) is 61.9 Å². The lowest BCUT2D eigenvalue weighted by atomic mass is 10.0. The van der Waals surface area contributed by atoms with E-state index < -0.39 is 0 Å². The first-order chi connectivity index (χ1) is 12.0. The van der Waals surface area contributed by atoms with Crippen LogP contribution in [0.3, 0.4) is 0 Å². The molecule has 1 aromatic carbocycles. The Kier molecular flexibility index (Phi) is 4.09. The standard InChI is InChI=1S/C19H22N4OS/c1-11(2)12-3-4-14-13(8-20-16(14)7-12)9-23-6-5-15-17(10-23)21-19(25)22-18(15)24/h3-4,7-8,11,20H,5-6,9-10H2,1-2H3,(H2,21,22,24,25). The molecule has 0 unspecified atom stereocenters. The van der Waals surface area contributed by atoms with Crippen LogP contribution in [-0.2, 0) is 19.5 Å². The van der Waals surface area contributed by atoms with Crippen molar-refractivity contribution in [2.45, 2.75) is 39.3 Å². The fourth-order valence-electron chi connectivity index (χ4n) is 3.60. The van der Waals surface area contributed by atoms with Crippen LogP contribution < -0.4 is 5.56 Å². The van der Waals surface area contributed by atoms with E-state index >= 15 is 0 Å². The molecule has 1 aliphatic rings. The number of nitrogens with zero attached hydrogens (tertiary/aromatic N) is 1. The zero-order valence-corrected chi connectivity index (χ0v) is 15.3. The Morgan fingerprint density at radius 2 is 2.12 bits per heavy atom. The molecule has 25 heavy (non-hydrogen) atoms. The number of aromatic nitrogens is 3. The average molecular weight is 354 g/mol. The van der Waals surface area contributed by atoms with Crippen molar-refractivity contribution in [3.63, 3.8) is 0 Å². The van der Waals surface area contributed by atoms with Crippen LogP contribution in [0.15, 0.2) is 29.2 Å². The summed E-state index contributed by atoms with van der Waals surface area (Å²) in [6, 6.07) is 6.67. The summed E-state index contributed by atoms with van der Waals surface area (Å²) in [5.41, 5.74) is 5.56. The Hall–Kier alpha value is -2.18. The summed E-state index contributed by atoms with van der Waals surface area (Å²) in [7, 11) is 0. The second-order valence-corrected chi connectivity index (χ2v) is 7.51. The fraction of sp³-hybridized carbons (Fsp3) is 0.368. The van der Waals surface area contributed by atoms with E-state index in [0.717, 1.165) is 37.3 Å². The van der Waals surface area contributed by atoms with Crippen LogP contribution in [0, 0.1) is 4.77 Å². The highest BCUT2D eigenvalue weighted by molar-refractivity contribution is 7.71. The largest absolute Gasteiger partial charge is 0.361 e. The Bertz CT molecular complexity index is 1040. The summed E-state index contributed by atoms with van der Waals surface area (Å²) in [6.45, 7) is 6.87. The van der Waals surface area contributed by atoms with Crippen LogP contribution in [0.25, 0.3) is 10.9 Å². The van der Waals surface area contributed by atoms with Crippen LogP contribution in [0.4, 0.5) is 0 Å². The first-order valence-electron chi connectivity index (χ1n) is 8.68. The second kappa shape index (κ2) is 6.28. The molecule has 0 aliphatic carbocycles. The van der Waals surface area contributed by atoms with Gasteiger partial charge >= 0.3 is 0 Å². The lowest BCUT2D eigenvalue weighted by molar-refractivity contribution is 0.241. The van der Waals surface area contributed by atoms with E-state index in [1.165, 1.54) is 22.0 Å². The van der Waals surface area contributed by atoms with E-state index in [9.17, 15) is 4.79 Å². The minimum absolute atomic E-state index is 0.0493. The molecule has 0 bridgehead atoms. The van der Waals surface area contributed by atoms with Gasteiger partial charge in [-0.25, -0.2) is 0 Å². The number of aromatic amines is 3. The minimum atomic E-state index is -0.0493. The van der Waals surface area contributed by atoms with E-state index in [0.29, 0.717) is 10.7 Å². The predicted molar refractivity (Wildman–Crippen MR) is 102 cm³/mol. The van der Waals surface area contributed by atoms with Crippen LogP contribution in [-0.4, -0.2) is 26.4 Å². The highest BCUT2D eigenvalue weighted by Gasteiger charge is 2.20. The number of nitrogens with one attached hydrogen (secondary N) is 3. The van der Waals surface area contributed by atoms with Crippen molar-refractivity contribution in [1.82, 2.24) is 19.9 Å². The number of fused-ring (bicyclic) bond motifs is 2. The van der Waals surface area contributed by atoms with Gasteiger partial charge < -0.3 is 9.97 Å². The van der Waals surface area contributed by atoms with Crippen LogP contribution in [0.2, 0.25) is 0 Å². The molecule has 0 spiro atoms. The third-order valence-electron chi connectivity index (χ3n) is 5.04. The first kappa shape index (κ1) is 16.3. The number of rotatable bonds is 3. The summed E-state index contributed by atoms with van der Waals surface area (Å²) in [4.78, 5) is 23.6. The van der Waals surface area contributed by atoms with Crippen molar-refractivity contribution in [1.29, 1.82) is 0 Å². The van der Waals surface area contributed by atoms with Crippen molar-refractivity contribution in [3.8, 4) is 0 Å². The van der Waals surface area contributed by atoms with E-state index in [4.69, 9.17) is 12.2 Å². The third-order valence-corrected chi connectivity index (χ3v) is 5.25. The molecule has 5 nitrogen and oxygen atoms in total. The maximum Gasteiger partial charge on any atom is 0.255 e. The Balaban J connectivity index is 1.60. The molecule has 2 aromatic heterocycles. The van der Waals surface area contributed by atoms with Crippen LogP contribution in [0.5, 0.6) is 0 Å². The van der Waals surface area contributed by atoms with Gasteiger partial charge in [0.2, 0.25) is 0 Å². The molecular weight excluding hydrogens is 332 g/mol. The molecule has 1 aliphatic heterocycles. The zero-order valence-electron chi connectivity index (χ0n) is 14.5.